The quantitative estimate of drug-likeness (QED) is 0.491. The summed E-state index contributed by atoms with van der Waals surface area (Å²) in [5.41, 5.74) is 0.873. The molecule has 32 heavy (non-hydrogen) atoms. The van der Waals surface area contributed by atoms with Gasteiger partial charge in [-0.3, -0.25) is 14.4 Å². The van der Waals surface area contributed by atoms with E-state index in [9.17, 15) is 23.6 Å². The van der Waals surface area contributed by atoms with Crippen LogP contribution in [0.4, 0.5) is 4.39 Å². The number of hydrogen-bond acceptors (Lipinski definition) is 4. The van der Waals surface area contributed by atoms with Crippen LogP contribution in [0.5, 0.6) is 0 Å². The monoisotopic (exact) mass is 441 g/mol. The first-order chi connectivity index (χ1) is 15.2. The number of carbonyl (C=O) groups is 4. The molecule has 0 bridgehead atoms. The third-order valence-electron chi connectivity index (χ3n) is 4.91. The molecule has 2 rings (SSSR count). The third kappa shape index (κ3) is 7.30. The fraction of sp³-hybridized carbons (Fsp3) is 0.333. The highest BCUT2D eigenvalue weighted by Gasteiger charge is 2.26. The third-order valence-corrected chi connectivity index (χ3v) is 4.91. The van der Waals surface area contributed by atoms with Crippen molar-refractivity contribution in [2.75, 3.05) is 0 Å². The summed E-state index contributed by atoms with van der Waals surface area (Å²) in [5, 5.41) is 7.79. The van der Waals surface area contributed by atoms with E-state index in [2.05, 4.69) is 16.0 Å². The first-order valence-corrected chi connectivity index (χ1v) is 10.4. The van der Waals surface area contributed by atoms with Gasteiger partial charge < -0.3 is 20.7 Å². The Balaban J connectivity index is 2.14. The highest BCUT2D eigenvalue weighted by atomic mass is 19.1. The number of benzene rings is 2. The molecular weight excluding hydrogens is 413 g/mol. The van der Waals surface area contributed by atoms with E-state index >= 15 is 0 Å². The van der Waals surface area contributed by atoms with Gasteiger partial charge in [0.15, 0.2) is 0 Å². The van der Waals surface area contributed by atoms with Crippen LogP contribution < -0.4 is 16.0 Å². The van der Waals surface area contributed by atoms with E-state index in [0.717, 1.165) is 0 Å². The van der Waals surface area contributed by atoms with Gasteiger partial charge in [-0.05, 0) is 42.7 Å². The van der Waals surface area contributed by atoms with Gasteiger partial charge in [-0.15, -0.1) is 0 Å². The molecule has 3 N–H and O–H groups in total. The Kier molecular flexibility index (Phi) is 9.07. The molecule has 8 heteroatoms. The van der Waals surface area contributed by atoms with Crippen LogP contribution in [-0.4, -0.2) is 42.1 Å². The number of aldehydes is 1. The molecule has 0 heterocycles. The summed E-state index contributed by atoms with van der Waals surface area (Å²) in [6.45, 7) is 5.06. The maximum atomic E-state index is 13.6. The lowest BCUT2D eigenvalue weighted by Gasteiger charge is -2.23. The van der Waals surface area contributed by atoms with Crippen molar-refractivity contribution in [2.45, 2.75) is 45.3 Å². The smallest absolute Gasteiger partial charge is 0.251 e. The van der Waals surface area contributed by atoms with E-state index in [4.69, 9.17) is 0 Å². The summed E-state index contributed by atoms with van der Waals surface area (Å²) in [6.07, 6.45) is 0.670. The molecule has 0 spiro atoms. The van der Waals surface area contributed by atoms with Gasteiger partial charge in [0, 0.05) is 12.0 Å². The summed E-state index contributed by atoms with van der Waals surface area (Å²) in [4.78, 5) is 49.1. The molecule has 0 fully saturated rings. The minimum absolute atomic E-state index is 0.0272. The fourth-order valence-electron chi connectivity index (χ4n) is 2.97. The number of amides is 3. The van der Waals surface area contributed by atoms with Gasteiger partial charge in [-0.25, -0.2) is 4.39 Å². The van der Waals surface area contributed by atoms with Crippen LogP contribution in [0.2, 0.25) is 0 Å². The van der Waals surface area contributed by atoms with Gasteiger partial charge in [-0.2, -0.15) is 0 Å². The minimum atomic E-state index is -1.05. The molecule has 2 aromatic rings. The van der Waals surface area contributed by atoms with Crippen molar-refractivity contribution in [1.29, 1.82) is 0 Å². The molecule has 0 saturated heterocycles. The van der Waals surface area contributed by atoms with E-state index in [1.807, 2.05) is 0 Å². The first kappa shape index (κ1) is 24.7. The summed E-state index contributed by atoms with van der Waals surface area (Å²) < 4.78 is 13.6. The van der Waals surface area contributed by atoms with Crippen molar-refractivity contribution in [1.82, 2.24) is 16.0 Å². The van der Waals surface area contributed by atoms with Gasteiger partial charge in [0.05, 0.1) is 6.04 Å². The van der Waals surface area contributed by atoms with Crippen molar-refractivity contribution < 1.29 is 23.6 Å². The summed E-state index contributed by atoms with van der Waals surface area (Å²) >= 11 is 0. The topological polar surface area (TPSA) is 104 Å². The van der Waals surface area contributed by atoms with Crippen molar-refractivity contribution >= 4 is 24.0 Å². The van der Waals surface area contributed by atoms with E-state index in [0.29, 0.717) is 17.4 Å². The minimum Gasteiger partial charge on any atom is -0.345 e. The second-order valence-electron chi connectivity index (χ2n) is 7.87. The Morgan fingerprint density at radius 3 is 2.19 bits per heavy atom. The zero-order valence-electron chi connectivity index (χ0n) is 18.3. The predicted molar refractivity (Wildman–Crippen MR) is 118 cm³/mol. The molecule has 3 atom stereocenters. The largest absolute Gasteiger partial charge is 0.345 e. The SMILES string of the molecule is CC(NC(=O)C(Cc1cccc(F)c1)NC(=O)c1ccccc1)C(=O)NC(C=O)C(C)C. The highest BCUT2D eigenvalue weighted by molar-refractivity contribution is 5.98. The molecular formula is C24H28FN3O4. The van der Waals surface area contributed by atoms with E-state index < -0.39 is 41.7 Å². The van der Waals surface area contributed by atoms with E-state index in [1.165, 1.54) is 25.1 Å². The van der Waals surface area contributed by atoms with E-state index in [-0.39, 0.29) is 12.3 Å². The maximum Gasteiger partial charge on any atom is 0.251 e. The van der Waals surface area contributed by atoms with Crippen molar-refractivity contribution in [2.24, 2.45) is 5.92 Å². The van der Waals surface area contributed by atoms with Gasteiger partial charge in [0.1, 0.15) is 24.2 Å². The Labute approximate surface area is 186 Å². The van der Waals surface area contributed by atoms with Gasteiger partial charge in [0.25, 0.3) is 5.91 Å². The van der Waals surface area contributed by atoms with Crippen LogP contribution in [0, 0.1) is 11.7 Å². The Bertz CT molecular complexity index is 949. The number of halogens is 1. The Hall–Kier alpha value is -3.55. The molecule has 3 unspecified atom stereocenters. The molecule has 170 valence electrons. The van der Waals surface area contributed by atoms with Crippen LogP contribution in [-0.2, 0) is 20.8 Å². The standard InChI is InChI=1S/C24H28FN3O4/c1-15(2)21(14-29)28-22(30)16(3)26-24(32)20(13-17-8-7-11-19(25)12-17)27-23(31)18-9-5-4-6-10-18/h4-12,14-16,20-21H,13H2,1-3H3,(H,26,32)(H,27,31)(H,28,30). The predicted octanol–water partition coefficient (Wildman–Crippen LogP) is 2.01. The van der Waals surface area contributed by atoms with Crippen LogP contribution in [0.1, 0.15) is 36.7 Å². The fourth-order valence-corrected chi connectivity index (χ4v) is 2.97. The molecule has 0 aliphatic heterocycles. The lowest BCUT2D eigenvalue weighted by Crippen LogP contribution is -2.55. The summed E-state index contributed by atoms with van der Waals surface area (Å²) in [6, 6.07) is 11.4. The second kappa shape index (κ2) is 11.7. The number of nitrogens with one attached hydrogen (secondary N) is 3. The number of rotatable bonds is 10. The first-order valence-electron chi connectivity index (χ1n) is 10.4. The summed E-state index contributed by atoms with van der Waals surface area (Å²) in [7, 11) is 0. The zero-order chi connectivity index (χ0) is 23.7. The van der Waals surface area contributed by atoms with Crippen LogP contribution in [0.25, 0.3) is 0 Å². The lowest BCUT2D eigenvalue weighted by atomic mass is 10.0. The van der Waals surface area contributed by atoms with Crippen LogP contribution >= 0.6 is 0 Å². The Morgan fingerprint density at radius 2 is 1.59 bits per heavy atom. The van der Waals surface area contributed by atoms with Crippen LogP contribution in [0.3, 0.4) is 0 Å². The van der Waals surface area contributed by atoms with Gasteiger partial charge in [0.2, 0.25) is 11.8 Å². The normalized spacial score (nSPS) is 13.5. The van der Waals surface area contributed by atoms with E-state index in [1.54, 1.807) is 50.2 Å². The molecule has 3 amide bonds. The molecule has 0 saturated carbocycles. The summed E-state index contributed by atoms with van der Waals surface area (Å²) in [5.74, 6) is -2.17. The maximum absolute atomic E-state index is 13.6. The molecule has 0 radical (unpaired) electrons. The molecule has 7 nitrogen and oxygen atoms in total. The highest BCUT2D eigenvalue weighted by Crippen LogP contribution is 2.09. The molecule has 0 aliphatic carbocycles. The number of carbonyl (C=O) groups excluding carboxylic acids is 4. The number of hydrogen-bond donors (Lipinski definition) is 3. The lowest BCUT2D eigenvalue weighted by molar-refractivity contribution is -0.130. The van der Waals surface area contributed by atoms with Gasteiger partial charge in [-0.1, -0.05) is 44.2 Å². The molecule has 2 aromatic carbocycles. The molecule has 0 aromatic heterocycles. The van der Waals surface area contributed by atoms with Crippen molar-refractivity contribution in [3.8, 4) is 0 Å². The van der Waals surface area contributed by atoms with Crippen molar-refractivity contribution in [3.63, 3.8) is 0 Å². The van der Waals surface area contributed by atoms with Crippen LogP contribution in [0.15, 0.2) is 54.6 Å². The van der Waals surface area contributed by atoms with Crippen molar-refractivity contribution in [3.05, 3.63) is 71.5 Å². The average Bonchev–Trinajstić information content (AvgIpc) is 2.77. The Morgan fingerprint density at radius 1 is 0.906 bits per heavy atom. The van der Waals surface area contributed by atoms with Gasteiger partial charge >= 0.3 is 0 Å². The second-order valence-corrected chi connectivity index (χ2v) is 7.87. The molecule has 0 aliphatic rings. The average molecular weight is 442 g/mol. The zero-order valence-corrected chi connectivity index (χ0v) is 18.3.